The molecule has 0 bridgehead atoms. The Bertz CT molecular complexity index is 429. The van der Waals surface area contributed by atoms with E-state index in [4.69, 9.17) is 9.47 Å². The lowest BCUT2D eigenvalue weighted by molar-refractivity contribution is 0.0971. The van der Waals surface area contributed by atoms with Crippen molar-refractivity contribution in [2.45, 2.75) is 78.1 Å². The number of hydrogen-bond donors (Lipinski definition) is 0. The Morgan fingerprint density at radius 2 is 1.52 bits per heavy atom. The molecule has 0 aliphatic rings. The highest BCUT2D eigenvalue weighted by Crippen LogP contribution is 2.21. The van der Waals surface area contributed by atoms with E-state index in [0.29, 0.717) is 12.4 Å². The maximum atomic E-state index is 11.7. The molecule has 0 saturated carbocycles. The molecule has 3 heteroatoms. The summed E-state index contributed by atoms with van der Waals surface area (Å²) in [6.07, 6.45) is 11.0. The first-order valence-electron chi connectivity index (χ1n) is 9.20. The van der Waals surface area contributed by atoms with Crippen LogP contribution >= 0.6 is 0 Å². The van der Waals surface area contributed by atoms with E-state index in [1.807, 2.05) is 24.3 Å². The third-order valence-corrected chi connectivity index (χ3v) is 3.93. The monoisotopic (exact) mass is 320 g/mol. The van der Waals surface area contributed by atoms with Gasteiger partial charge >= 0.3 is 6.16 Å². The quantitative estimate of drug-likeness (QED) is 0.258. The summed E-state index contributed by atoms with van der Waals surface area (Å²) >= 11 is 0. The minimum Gasteiger partial charge on any atom is -0.434 e. The second-order valence-electron chi connectivity index (χ2n) is 6.03. The Morgan fingerprint density at radius 3 is 2.30 bits per heavy atom. The van der Waals surface area contributed by atoms with E-state index in [9.17, 15) is 4.79 Å². The maximum Gasteiger partial charge on any atom is 0.513 e. The number of ether oxygens (including phenoxy) is 2. The van der Waals surface area contributed by atoms with E-state index in [1.165, 1.54) is 32.1 Å². The van der Waals surface area contributed by atoms with Gasteiger partial charge in [0.05, 0.1) is 6.61 Å². The van der Waals surface area contributed by atoms with E-state index in [1.54, 1.807) is 0 Å². The molecule has 0 saturated heterocycles. The van der Waals surface area contributed by atoms with Crippen LogP contribution in [0.25, 0.3) is 0 Å². The molecule has 0 fully saturated rings. The van der Waals surface area contributed by atoms with Crippen molar-refractivity contribution in [3.8, 4) is 5.75 Å². The average molecular weight is 320 g/mol. The largest absolute Gasteiger partial charge is 0.513 e. The van der Waals surface area contributed by atoms with Gasteiger partial charge in [0.2, 0.25) is 0 Å². The number of carbonyl (C=O) groups excluding carboxylic acids is 1. The van der Waals surface area contributed by atoms with Crippen molar-refractivity contribution < 1.29 is 14.3 Å². The summed E-state index contributed by atoms with van der Waals surface area (Å²) in [5.74, 6) is 0.640. The molecule has 0 spiro atoms. The van der Waals surface area contributed by atoms with E-state index in [2.05, 4.69) is 13.8 Å². The summed E-state index contributed by atoms with van der Waals surface area (Å²) in [5, 5.41) is 0. The lowest BCUT2D eigenvalue weighted by atomic mass is 10.0. The van der Waals surface area contributed by atoms with E-state index < -0.39 is 6.16 Å². The van der Waals surface area contributed by atoms with E-state index in [0.717, 1.165) is 37.7 Å². The summed E-state index contributed by atoms with van der Waals surface area (Å²) in [6, 6.07) is 7.77. The lowest BCUT2D eigenvalue weighted by Crippen LogP contribution is -2.12. The molecule has 130 valence electrons. The van der Waals surface area contributed by atoms with Crippen molar-refractivity contribution >= 4 is 6.16 Å². The van der Waals surface area contributed by atoms with Crippen LogP contribution in [-0.2, 0) is 11.2 Å². The Kier molecular flexibility index (Phi) is 11.0. The number of rotatable bonds is 12. The summed E-state index contributed by atoms with van der Waals surface area (Å²) in [4.78, 5) is 11.7. The van der Waals surface area contributed by atoms with Crippen LogP contribution < -0.4 is 4.74 Å². The van der Waals surface area contributed by atoms with Crippen LogP contribution in [0.15, 0.2) is 24.3 Å². The molecule has 0 atom stereocenters. The fourth-order valence-corrected chi connectivity index (χ4v) is 2.53. The standard InChI is InChI=1S/C20H32O3/c1-3-5-7-8-9-10-14-18-15-11-12-16-19(18)23-20(21)22-17-13-6-4-2/h11-12,15-16H,3-10,13-14,17H2,1-2H3. The van der Waals surface area contributed by atoms with Crippen LogP contribution in [0.2, 0.25) is 0 Å². The first-order valence-corrected chi connectivity index (χ1v) is 9.20. The number of unbranched alkanes of at least 4 members (excludes halogenated alkanes) is 7. The van der Waals surface area contributed by atoms with E-state index in [-0.39, 0.29) is 0 Å². The zero-order chi connectivity index (χ0) is 16.8. The SMILES string of the molecule is CCCCCCCCc1ccccc1OC(=O)OCCCCC. The Morgan fingerprint density at radius 1 is 0.870 bits per heavy atom. The van der Waals surface area contributed by atoms with Gasteiger partial charge in [-0.3, -0.25) is 0 Å². The minimum atomic E-state index is -0.587. The van der Waals surface area contributed by atoms with Crippen molar-refractivity contribution in [3.05, 3.63) is 29.8 Å². The molecule has 1 rings (SSSR count). The van der Waals surface area contributed by atoms with Crippen molar-refractivity contribution in [3.63, 3.8) is 0 Å². The van der Waals surface area contributed by atoms with Crippen LogP contribution in [0.5, 0.6) is 5.75 Å². The van der Waals surface area contributed by atoms with Crippen molar-refractivity contribution in [1.82, 2.24) is 0 Å². The van der Waals surface area contributed by atoms with Gasteiger partial charge in [0, 0.05) is 0 Å². The van der Waals surface area contributed by atoms with Crippen LogP contribution in [0.1, 0.15) is 77.2 Å². The Balaban J connectivity index is 2.33. The second kappa shape index (κ2) is 13.0. The molecule has 0 amide bonds. The molecule has 3 nitrogen and oxygen atoms in total. The third-order valence-electron chi connectivity index (χ3n) is 3.93. The molecule has 0 aromatic heterocycles. The van der Waals surface area contributed by atoms with Crippen molar-refractivity contribution in [1.29, 1.82) is 0 Å². The first kappa shape index (κ1) is 19.5. The highest BCUT2D eigenvalue weighted by Gasteiger charge is 2.09. The summed E-state index contributed by atoms with van der Waals surface area (Å²) < 4.78 is 10.5. The predicted molar refractivity (Wildman–Crippen MR) is 95.0 cm³/mol. The summed E-state index contributed by atoms with van der Waals surface area (Å²) in [5.41, 5.74) is 1.09. The highest BCUT2D eigenvalue weighted by atomic mass is 16.7. The number of benzene rings is 1. The smallest absolute Gasteiger partial charge is 0.434 e. The number of carbonyl (C=O) groups is 1. The molecule has 0 aliphatic heterocycles. The lowest BCUT2D eigenvalue weighted by Gasteiger charge is -2.10. The molecular weight excluding hydrogens is 288 g/mol. The first-order chi connectivity index (χ1) is 11.3. The summed E-state index contributed by atoms with van der Waals surface area (Å²) in [7, 11) is 0. The molecule has 1 aromatic carbocycles. The number of para-hydroxylation sites is 1. The molecule has 0 heterocycles. The fourth-order valence-electron chi connectivity index (χ4n) is 2.53. The van der Waals surface area contributed by atoms with E-state index >= 15 is 0 Å². The van der Waals surface area contributed by atoms with Crippen LogP contribution in [0.4, 0.5) is 4.79 Å². The van der Waals surface area contributed by atoms with Crippen LogP contribution in [-0.4, -0.2) is 12.8 Å². The summed E-state index contributed by atoms with van der Waals surface area (Å²) in [6.45, 7) is 4.79. The predicted octanol–water partition coefficient (Wildman–Crippen LogP) is 6.30. The van der Waals surface area contributed by atoms with Gasteiger partial charge in [-0.1, -0.05) is 77.0 Å². The van der Waals surface area contributed by atoms with Gasteiger partial charge in [0.1, 0.15) is 5.75 Å². The average Bonchev–Trinajstić information content (AvgIpc) is 2.56. The second-order valence-corrected chi connectivity index (χ2v) is 6.03. The minimum absolute atomic E-state index is 0.437. The van der Waals surface area contributed by atoms with Gasteiger partial charge in [-0.15, -0.1) is 0 Å². The highest BCUT2D eigenvalue weighted by molar-refractivity contribution is 5.64. The van der Waals surface area contributed by atoms with Gasteiger partial charge in [-0.05, 0) is 30.9 Å². The molecule has 0 radical (unpaired) electrons. The topological polar surface area (TPSA) is 35.5 Å². The normalized spacial score (nSPS) is 10.5. The van der Waals surface area contributed by atoms with Crippen LogP contribution in [0, 0.1) is 0 Å². The van der Waals surface area contributed by atoms with Crippen molar-refractivity contribution in [2.24, 2.45) is 0 Å². The molecular formula is C20H32O3. The Labute approximate surface area is 141 Å². The zero-order valence-corrected chi connectivity index (χ0v) is 14.8. The van der Waals surface area contributed by atoms with Gasteiger partial charge in [0.15, 0.2) is 0 Å². The maximum absolute atomic E-state index is 11.7. The molecule has 0 aliphatic carbocycles. The molecule has 0 N–H and O–H groups in total. The van der Waals surface area contributed by atoms with Gasteiger partial charge in [-0.2, -0.15) is 0 Å². The number of hydrogen-bond acceptors (Lipinski definition) is 3. The third kappa shape index (κ3) is 9.27. The number of aryl methyl sites for hydroxylation is 1. The molecule has 23 heavy (non-hydrogen) atoms. The molecule has 0 unspecified atom stereocenters. The van der Waals surface area contributed by atoms with Crippen molar-refractivity contribution in [2.75, 3.05) is 6.61 Å². The van der Waals surface area contributed by atoms with Crippen LogP contribution in [0.3, 0.4) is 0 Å². The van der Waals surface area contributed by atoms with Gasteiger partial charge in [0.25, 0.3) is 0 Å². The van der Waals surface area contributed by atoms with Gasteiger partial charge in [-0.25, -0.2) is 4.79 Å². The van der Waals surface area contributed by atoms with Gasteiger partial charge < -0.3 is 9.47 Å². The Hall–Kier alpha value is -1.51. The fraction of sp³-hybridized carbons (Fsp3) is 0.650. The molecule has 1 aromatic rings. The zero-order valence-electron chi connectivity index (χ0n) is 14.8.